The van der Waals surface area contributed by atoms with Crippen molar-refractivity contribution in [2.45, 2.75) is 33.1 Å². The molecule has 0 saturated carbocycles. The van der Waals surface area contributed by atoms with E-state index in [0.29, 0.717) is 19.6 Å². The van der Waals surface area contributed by atoms with E-state index in [4.69, 9.17) is 20.6 Å². The summed E-state index contributed by atoms with van der Waals surface area (Å²) in [6.07, 6.45) is 1.60. The summed E-state index contributed by atoms with van der Waals surface area (Å²) in [6, 6.07) is 12.4. The summed E-state index contributed by atoms with van der Waals surface area (Å²) in [6.45, 7) is 5.39. The van der Waals surface area contributed by atoms with Crippen molar-refractivity contribution in [1.82, 2.24) is 5.32 Å². The molecule has 0 fully saturated rings. The number of aryl methyl sites for hydroxylation is 3. The monoisotopic (exact) mass is 383 g/mol. The Bertz CT molecular complexity index is 834. The maximum Gasteiger partial charge on any atom is 0.226 e. The molecule has 6 nitrogen and oxygen atoms in total. The third-order valence-electron chi connectivity index (χ3n) is 4.53. The van der Waals surface area contributed by atoms with Gasteiger partial charge in [-0.25, -0.2) is 0 Å². The van der Waals surface area contributed by atoms with Crippen LogP contribution in [-0.4, -0.2) is 32.2 Å². The van der Waals surface area contributed by atoms with Crippen LogP contribution in [0.5, 0.6) is 5.75 Å². The van der Waals surface area contributed by atoms with Gasteiger partial charge in [-0.1, -0.05) is 30.3 Å². The summed E-state index contributed by atoms with van der Waals surface area (Å²) in [5.74, 6) is 0.189. The first kappa shape index (κ1) is 21.4. The summed E-state index contributed by atoms with van der Waals surface area (Å²) in [7, 11) is 1.67. The number of carbonyl (C=O) groups is 1. The van der Waals surface area contributed by atoms with Crippen molar-refractivity contribution in [3.63, 3.8) is 0 Å². The number of hydrogen-bond donors (Lipinski definition) is 3. The molecule has 2 aromatic carbocycles. The van der Waals surface area contributed by atoms with Crippen LogP contribution in [0.15, 0.2) is 36.4 Å². The van der Waals surface area contributed by atoms with Gasteiger partial charge in [0.2, 0.25) is 5.91 Å². The number of benzene rings is 2. The van der Waals surface area contributed by atoms with Crippen LogP contribution in [-0.2, 0) is 16.0 Å². The Morgan fingerprint density at radius 2 is 1.89 bits per heavy atom. The molecule has 150 valence electrons. The highest BCUT2D eigenvalue weighted by Gasteiger charge is 2.11. The Labute approximate surface area is 166 Å². The van der Waals surface area contributed by atoms with Crippen molar-refractivity contribution >= 4 is 11.9 Å². The van der Waals surface area contributed by atoms with Crippen molar-refractivity contribution in [3.8, 4) is 16.9 Å². The maximum absolute atomic E-state index is 11.7. The fraction of sp³-hybridized carbons (Fsp3) is 0.364. The van der Waals surface area contributed by atoms with E-state index in [-0.39, 0.29) is 18.3 Å². The van der Waals surface area contributed by atoms with Crippen molar-refractivity contribution in [2.24, 2.45) is 5.73 Å². The van der Waals surface area contributed by atoms with Crippen LogP contribution in [0.3, 0.4) is 0 Å². The molecule has 0 unspecified atom stereocenters. The summed E-state index contributed by atoms with van der Waals surface area (Å²) in [5.41, 5.74) is 10.8. The van der Waals surface area contributed by atoms with E-state index < -0.39 is 0 Å². The van der Waals surface area contributed by atoms with E-state index in [0.717, 1.165) is 28.9 Å². The van der Waals surface area contributed by atoms with Gasteiger partial charge in [0.25, 0.3) is 0 Å². The molecule has 0 heterocycles. The van der Waals surface area contributed by atoms with Gasteiger partial charge in [0.1, 0.15) is 5.75 Å². The van der Waals surface area contributed by atoms with Crippen LogP contribution in [0, 0.1) is 19.3 Å². The third kappa shape index (κ3) is 6.39. The number of nitrogens with two attached hydrogens (primary N) is 1. The molecule has 0 spiro atoms. The third-order valence-corrected chi connectivity index (χ3v) is 4.53. The molecule has 0 atom stereocenters. The Kier molecular flexibility index (Phi) is 8.02. The van der Waals surface area contributed by atoms with Crippen LogP contribution in [0.1, 0.15) is 29.5 Å². The van der Waals surface area contributed by atoms with Crippen LogP contribution in [0.4, 0.5) is 0 Å². The number of carbonyl (C=O) groups excluding carboxylic acids is 1. The second-order valence-corrected chi connectivity index (χ2v) is 6.79. The van der Waals surface area contributed by atoms with Crippen LogP contribution in [0.2, 0.25) is 0 Å². The predicted octanol–water partition coefficient (Wildman–Crippen LogP) is 3.33. The minimum Gasteiger partial charge on any atom is -0.493 e. The molecule has 4 N–H and O–H groups in total. The number of rotatable bonds is 9. The van der Waals surface area contributed by atoms with Crippen molar-refractivity contribution in [2.75, 3.05) is 20.3 Å². The topological polar surface area (TPSA) is 97.4 Å². The first-order valence-electron chi connectivity index (χ1n) is 9.37. The van der Waals surface area contributed by atoms with Gasteiger partial charge in [-0.05, 0) is 48.6 Å². The van der Waals surface area contributed by atoms with Gasteiger partial charge in [-0.15, -0.1) is 0 Å². The first-order valence-corrected chi connectivity index (χ1v) is 9.37. The zero-order valence-corrected chi connectivity index (χ0v) is 16.8. The van der Waals surface area contributed by atoms with E-state index >= 15 is 0 Å². The maximum atomic E-state index is 11.7. The highest BCUT2D eigenvalue weighted by Crippen LogP contribution is 2.32. The van der Waals surface area contributed by atoms with Crippen molar-refractivity contribution < 1.29 is 14.3 Å². The zero-order chi connectivity index (χ0) is 20.5. The second-order valence-electron chi connectivity index (χ2n) is 6.79. The van der Waals surface area contributed by atoms with Gasteiger partial charge in [0, 0.05) is 32.1 Å². The molecule has 2 rings (SSSR count). The van der Waals surface area contributed by atoms with Crippen LogP contribution in [0.25, 0.3) is 11.1 Å². The molecule has 28 heavy (non-hydrogen) atoms. The molecule has 0 saturated heterocycles. The van der Waals surface area contributed by atoms with Gasteiger partial charge >= 0.3 is 0 Å². The standard InChI is InChI=1S/C22H29N3O3/c1-15-5-8-18(13-16(15)2)19-9-6-17(7-10-21(26)25-22(23)24)14-20(19)28-12-4-11-27-3/h5-6,8-9,13-14H,4,7,10-12H2,1-3H3,(H4,23,24,25,26). The zero-order valence-electron chi connectivity index (χ0n) is 16.8. The lowest BCUT2D eigenvalue weighted by Gasteiger charge is -2.15. The summed E-state index contributed by atoms with van der Waals surface area (Å²) >= 11 is 0. The Morgan fingerprint density at radius 1 is 1.11 bits per heavy atom. The highest BCUT2D eigenvalue weighted by molar-refractivity contribution is 5.94. The molecule has 2 aromatic rings. The summed E-state index contributed by atoms with van der Waals surface area (Å²) < 4.78 is 11.1. The van der Waals surface area contributed by atoms with E-state index in [1.54, 1.807) is 7.11 Å². The molecule has 0 aromatic heterocycles. The van der Waals surface area contributed by atoms with Gasteiger partial charge in [-0.3, -0.25) is 15.5 Å². The molecular formula is C22H29N3O3. The fourth-order valence-electron chi connectivity index (χ4n) is 2.85. The van der Waals surface area contributed by atoms with Gasteiger partial charge in [-0.2, -0.15) is 0 Å². The van der Waals surface area contributed by atoms with E-state index in [2.05, 4.69) is 37.4 Å². The minimum atomic E-state index is -0.336. The Balaban J connectivity index is 2.21. The van der Waals surface area contributed by atoms with E-state index in [9.17, 15) is 4.79 Å². The fourth-order valence-corrected chi connectivity index (χ4v) is 2.85. The smallest absolute Gasteiger partial charge is 0.226 e. The normalized spacial score (nSPS) is 10.5. The predicted molar refractivity (Wildman–Crippen MR) is 112 cm³/mol. The van der Waals surface area contributed by atoms with Crippen molar-refractivity contribution in [3.05, 3.63) is 53.1 Å². The number of ether oxygens (including phenoxy) is 2. The van der Waals surface area contributed by atoms with Gasteiger partial charge < -0.3 is 15.2 Å². The molecule has 0 radical (unpaired) electrons. The molecular weight excluding hydrogens is 354 g/mol. The number of nitrogens with one attached hydrogen (secondary N) is 2. The van der Waals surface area contributed by atoms with Crippen molar-refractivity contribution in [1.29, 1.82) is 5.41 Å². The lowest BCUT2D eigenvalue weighted by Crippen LogP contribution is -2.35. The van der Waals surface area contributed by atoms with E-state index in [1.165, 1.54) is 11.1 Å². The SMILES string of the molecule is COCCCOc1cc(CCC(=O)NC(=N)N)ccc1-c1ccc(C)c(C)c1. The summed E-state index contributed by atoms with van der Waals surface area (Å²) in [4.78, 5) is 11.7. The second kappa shape index (κ2) is 10.5. The average Bonchev–Trinajstić information content (AvgIpc) is 2.65. The van der Waals surface area contributed by atoms with E-state index in [1.807, 2.05) is 18.2 Å². The number of methoxy groups -OCH3 is 1. The largest absolute Gasteiger partial charge is 0.493 e. The van der Waals surface area contributed by atoms with Crippen LogP contribution >= 0.6 is 0 Å². The molecule has 0 bridgehead atoms. The average molecular weight is 383 g/mol. The molecule has 0 aliphatic carbocycles. The number of amides is 1. The lowest BCUT2D eigenvalue weighted by atomic mass is 9.97. The van der Waals surface area contributed by atoms with Crippen LogP contribution < -0.4 is 15.8 Å². The lowest BCUT2D eigenvalue weighted by molar-refractivity contribution is -0.119. The van der Waals surface area contributed by atoms with Gasteiger partial charge in [0.05, 0.1) is 6.61 Å². The highest BCUT2D eigenvalue weighted by atomic mass is 16.5. The summed E-state index contributed by atoms with van der Waals surface area (Å²) in [5, 5.41) is 9.43. The number of hydrogen-bond acceptors (Lipinski definition) is 4. The molecule has 1 amide bonds. The molecule has 6 heteroatoms. The number of guanidine groups is 1. The van der Waals surface area contributed by atoms with Gasteiger partial charge in [0.15, 0.2) is 5.96 Å². The minimum absolute atomic E-state index is 0.256. The first-order chi connectivity index (χ1) is 13.4. The molecule has 0 aliphatic rings. The molecule has 0 aliphatic heterocycles. The Hall–Kier alpha value is -2.86. The quantitative estimate of drug-likeness (QED) is 0.351. The Morgan fingerprint density at radius 3 is 2.57 bits per heavy atom.